The zero-order valence-corrected chi connectivity index (χ0v) is 11.6. The van der Waals surface area contributed by atoms with E-state index >= 15 is 0 Å². The van der Waals surface area contributed by atoms with Crippen molar-refractivity contribution in [3.63, 3.8) is 0 Å². The van der Waals surface area contributed by atoms with Crippen LogP contribution in [0.2, 0.25) is 0 Å². The van der Waals surface area contributed by atoms with Crippen molar-refractivity contribution < 1.29 is 29.6 Å². The predicted octanol–water partition coefficient (Wildman–Crippen LogP) is -1.73. The summed E-state index contributed by atoms with van der Waals surface area (Å²) in [5.74, 6) is -0.387. The molecule has 2 amide bonds. The number of aliphatic hydroxyl groups is 3. The molecule has 0 saturated heterocycles. The molecule has 0 fully saturated rings. The molecule has 0 aliphatic heterocycles. The fourth-order valence-electron chi connectivity index (χ4n) is 0.607. The Balaban J connectivity index is -0.000000408. The van der Waals surface area contributed by atoms with Crippen molar-refractivity contribution >= 4 is 12.3 Å². The van der Waals surface area contributed by atoms with Crippen molar-refractivity contribution in [3.05, 3.63) is 25.3 Å². The first-order valence-corrected chi connectivity index (χ1v) is 5.62. The summed E-state index contributed by atoms with van der Waals surface area (Å²) in [5.41, 5.74) is 4.17. The lowest BCUT2D eigenvalue weighted by Crippen LogP contribution is -2.35. The van der Waals surface area contributed by atoms with E-state index in [0.717, 1.165) is 6.08 Å². The number of carbonyl (C=O) groups is 2. The van der Waals surface area contributed by atoms with Crippen LogP contribution in [0.4, 0.5) is 0 Å². The van der Waals surface area contributed by atoms with Gasteiger partial charge in [0, 0.05) is 0 Å². The molecule has 2 unspecified atom stereocenters. The van der Waals surface area contributed by atoms with E-state index in [9.17, 15) is 4.79 Å². The molecule has 0 bridgehead atoms. The zero-order chi connectivity index (χ0) is 16.4. The number of hydrogen-bond donors (Lipinski definition) is 5. The molecule has 0 radical (unpaired) electrons. The van der Waals surface area contributed by atoms with Crippen molar-refractivity contribution in [2.75, 3.05) is 19.9 Å². The molecule has 0 aromatic rings. The number of nitrogens with one attached hydrogen (secondary N) is 1. The van der Waals surface area contributed by atoms with E-state index in [1.165, 1.54) is 0 Å². The fourth-order valence-corrected chi connectivity index (χ4v) is 0.607. The van der Waals surface area contributed by atoms with E-state index in [2.05, 4.69) is 24.2 Å². The van der Waals surface area contributed by atoms with Crippen LogP contribution in [0.5, 0.6) is 0 Å². The monoisotopic (exact) mass is 292 g/mol. The summed E-state index contributed by atoms with van der Waals surface area (Å²) in [4.78, 5) is 19.2. The van der Waals surface area contributed by atoms with Crippen molar-refractivity contribution in [3.8, 4) is 0 Å². The van der Waals surface area contributed by atoms with E-state index < -0.39 is 18.8 Å². The van der Waals surface area contributed by atoms with Gasteiger partial charge in [-0.1, -0.05) is 12.7 Å². The highest BCUT2D eigenvalue weighted by Crippen LogP contribution is 1.92. The standard InChI is InChI=1S/C8H15NO5.C3H6.CH3NO/c1-2-8(13)9-5-14-4-7(12)6(11)3-10;1-3-2;2-1-3/h2,6-7,10-12H,1,3-5H2,(H,9,13);3H,1H2,2H3;1H,(H2,2,3). The van der Waals surface area contributed by atoms with Gasteiger partial charge in [0.25, 0.3) is 0 Å². The van der Waals surface area contributed by atoms with Gasteiger partial charge in [0.15, 0.2) is 0 Å². The van der Waals surface area contributed by atoms with Crippen LogP contribution in [-0.2, 0) is 14.3 Å². The molecular formula is C12H24N2O6. The van der Waals surface area contributed by atoms with E-state index in [1.54, 1.807) is 6.08 Å². The largest absolute Gasteiger partial charge is 0.394 e. The predicted molar refractivity (Wildman–Crippen MR) is 74.4 cm³/mol. The Hall–Kier alpha value is -1.74. The maximum absolute atomic E-state index is 10.6. The minimum absolute atomic E-state index is 0.0833. The molecule has 8 nitrogen and oxygen atoms in total. The van der Waals surface area contributed by atoms with Crippen molar-refractivity contribution in [2.45, 2.75) is 19.1 Å². The molecule has 0 heterocycles. The summed E-state index contributed by atoms with van der Waals surface area (Å²) < 4.78 is 4.79. The number of allylic oxidation sites excluding steroid dienone is 1. The lowest BCUT2D eigenvalue weighted by molar-refractivity contribution is -0.119. The summed E-state index contributed by atoms with van der Waals surface area (Å²) in [7, 11) is 0. The van der Waals surface area contributed by atoms with E-state index in [4.69, 9.17) is 24.9 Å². The van der Waals surface area contributed by atoms with Crippen molar-refractivity contribution in [1.29, 1.82) is 0 Å². The van der Waals surface area contributed by atoms with Crippen LogP contribution in [-0.4, -0.2) is 59.8 Å². The highest BCUT2D eigenvalue weighted by molar-refractivity contribution is 5.86. The Morgan fingerprint density at radius 1 is 1.40 bits per heavy atom. The first-order chi connectivity index (χ1) is 9.44. The van der Waals surface area contributed by atoms with Crippen LogP contribution < -0.4 is 11.1 Å². The van der Waals surface area contributed by atoms with Gasteiger partial charge in [-0.3, -0.25) is 9.59 Å². The van der Waals surface area contributed by atoms with Gasteiger partial charge in [0.2, 0.25) is 12.3 Å². The molecule has 0 spiro atoms. The van der Waals surface area contributed by atoms with Crippen LogP contribution in [0, 0.1) is 0 Å². The van der Waals surface area contributed by atoms with Crippen LogP contribution in [0.3, 0.4) is 0 Å². The van der Waals surface area contributed by atoms with Crippen molar-refractivity contribution in [1.82, 2.24) is 5.32 Å². The Morgan fingerprint density at radius 2 is 1.85 bits per heavy atom. The van der Waals surface area contributed by atoms with Crippen LogP contribution >= 0.6 is 0 Å². The number of ether oxygens (including phenoxy) is 1. The number of hydrogen-bond acceptors (Lipinski definition) is 6. The summed E-state index contributed by atoms with van der Waals surface area (Å²) in [6.45, 7) is 7.69. The Kier molecular flexibility index (Phi) is 22.9. The molecule has 118 valence electrons. The van der Waals surface area contributed by atoms with Crippen LogP contribution in [0.15, 0.2) is 25.3 Å². The Morgan fingerprint density at radius 3 is 2.20 bits per heavy atom. The van der Waals surface area contributed by atoms with Crippen LogP contribution in [0.1, 0.15) is 6.92 Å². The number of nitrogens with two attached hydrogens (primary N) is 1. The maximum Gasteiger partial charge on any atom is 0.245 e. The number of amides is 2. The molecule has 6 N–H and O–H groups in total. The fraction of sp³-hybridized carbons (Fsp3) is 0.500. The van der Waals surface area contributed by atoms with Crippen LogP contribution in [0.25, 0.3) is 0 Å². The third-order valence-corrected chi connectivity index (χ3v) is 1.45. The summed E-state index contributed by atoms with van der Waals surface area (Å²) in [5, 5.41) is 28.7. The topological polar surface area (TPSA) is 142 Å². The van der Waals surface area contributed by atoms with Gasteiger partial charge in [0.1, 0.15) is 18.9 Å². The smallest absolute Gasteiger partial charge is 0.245 e. The van der Waals surface area contributed by atoms with Gasteiger partial charge in [0.05, 0.1) is 13.2 Å². The van der Waals surface area contributed by atoms with Crippen molar-refractivity contribution in [2.24, 2.45) is 5.73 Å². The Bertz CT molecular complexity index is 254. The number of aliphatic hydroxyl groups excluding tert-OH is 3. The molecule has 0 aliphatic carbocycles. The third kappa shape index (κ3) is 21.5. The SMILES string of the molecule is C=CC.C=CC(=O)NCOCC(O)C(O)CO.NC=O. The van der Waals surface area contributed by atoms with E-state index in [1.807, 2.05) is 6.92 Å². The highest BCUT2D eigenvalue weighted by Gasteiger charge is 2.14. The summed E-state index contributed by atoms with van der Waals surface area (Å²) in [6, 6.07) is 0. The minimum atomic E-state index is -1.23. The molecule has 8 heteroatoms. The second-order valence-corrected chi connectivity index (χ2v) is 3.12. The molecule has 0 aromatic heterocycles. The van der Waals surface area contributed by atoms with Gasteiger partial charge in [-0.2, -0.15) is 0 Å². The maximum atomic E-state index is 10.6. The molecule has 0 rings (SSSR count). The van der Waals surface area contributed by atoms with Gasteiger partial charge >= 0.3 is 0 Å². The molecular weight excluding hydrogens is 268 g/mol. The number of primary amides is 1. The molecule has 0 aromatic carbocycles. The lowest BCUT2D eigenvalue weighted by atomic mass is 10.2. The zero-order valence-electron chi connectivity index (χ0n) is 11.6. The molecule has 2 atom stereocenters. The minimum Gasteiger partial charge on any atom is -0.394 e. The van der Waals surface area contributed by atoms with Gasteiger partial charge in [-0.25, -0.2) is 0 Å². The molecule has 20 heavy (non-hydrogen) atoms. The number of carbonyl (C=O) groups excluding carboxylic acids is 2. The number of rotatable bonds is 7. The Labute approximate surface area is 118 Å². The molecule has 0 aliphatic rings. The highest BCUT2D eigenvalue weighted by atomic mass is 16.5. The first kappa shape index (κ1) is 23.4. The van der Waals surface area contributed by atoms with Gasteiger partial charge < -0.3 is 31.1 Å². The first-order valence-electron chi connectivity index (χ1n) is 5.62. The van der Waals surface area contributed by atoms with E-state index in [-0.39, 0.29) is 25.7 Å². The average molecular weight is 292 g/mol. The second kappa shape index (κ2) is 19.6. The average Bonchev–Trinajstić information content (AvgIpc) is 2.43. The normalized spacial score (nSPS) is 11.4. The molecule has 0 saturated carbocycles. The third-order valence-electron chi connectivity index (χ3n) is 1.45. The quantitative estimate of drug-likeness (QED) is 0.124. The summed E-state index contributed by atoms with van der Waals surface area (Å²) in [6.07, 6.45) is 0.688. The second-order valence-electron chi connectivity index (χ2n) is 3.12. The summed E-state index contributed by atoms with van der Waals surface area (Å²) >= 11 is 0. The van der Waals surface area contributed by atoms with E-state index in [0.29, 0.717) is 0 Å². The van der Waals surface area contributed by atoms with Gasteiger partial charge in [-0.05, 0) is 13.0 Å². The lowest BCUT2D eigenvalue weighted by Gasteiger charge is -2.15. The van der Waals surface area contributed by atoms with Gasteiger partial charge in [-0.15, -0.1) is 6.58 Å².